The lowest BCUT2D eigenvalue weighted by Gasteiger charge is -2.11. The summed E-state index contributed by atoms with van der Waals surface area (Å²) in [6.07, 6.45) is 1.55. The van der Waals surface area contributed by atoms with Crippen LogP contribution in [0.25, 0.3) is 0 Å². The molecule has 0 saturated carbocycles. The van der Waals surface area contributed by atoms with E-state index in [0.29, 0.717) is 11.4 Å². The molecule has 1 atom stereocenters. The zero-order valence-corrected chi connectivity index (χ0v) is 11.7. The number of anilines is 2. The smallest absolute Gasteiger partial charge is 0.237 e. The van der Waals surface area contributed by atoms with Crippen molar-refractivity contribution in [3.63, 3.8) is 0 Å². The topological polar surface area (TPSA) is 68.0 Å². The van der Waals surface area contributed by atoms with E-state index < -0.39 is 0 Å². The first kappa shape index (κ1) is 14.3. The number of nitrogen functional groups attached to an aromatic ring is 1. The second-order valence-electron chi connectivity index (χ2n) is 4.19. The van der Waals surface area contributed by atoms with Crippen molar-refractivity contribution in [2.45, 2.75) is 17.2 Å². The molecular weight excluding hydrogens is 277 g/mol. The molecule has 3 N–H and O–H groups in total. The average molecular weight is 291 g/mol. The lowest BCUT2D eigenvalue weighted by molar-refractivity contribution is -0.115. The number of amides is 1. The Morgan fingerprint density at radius 1 is 1.30 bits per heavy atom. The lowest BCUT2D eigenvalue weighted by Crippen LogP contribution is -2.22. The van der Waals surface area contributed by atoms with Gasteiger partial charge >= 0.3 is 0 Å². The van der Waals surface area contributed by atoms with Gasteiger partial charge in [-0.15, -0.1) is 0 Å². The molecule has 0 aliphatic carbocycles. The first-order valence-corrected chi connectivity index (χ1v) is 6.87. The van der Waals surface area contributed by atoms with E-state index in [1.807, 2.05) is 0 Å². The van der Waals surface area contributed by atoms with Crippen LogP contribution >= 0.6 is 11.8 Å². The Hall–Kier alpha value is -2.08. The molecule has 1 aromatic heterocycles. The van der Waals surface area contributed by atoms with Crippen LogP contribution in [-0.4, -0.2) is 16.1 Å². The first-order valence-electron chi connectivity index (χ1n) is 5.99. The summed E-state index contributed by atoms with van der Waals surface area (Å²) in [6.45, 7) is 1.78. The number of pyridine rings is 1. The molecule has 6 heteroatoms. The molecule has 0 bridgehead atoms. The molecule has 4 nitrogen and oxygen atoms in total. The highest BCUT2D eigenvalue weighted by molar-refractivity contribution is 8.00. The number of carbonyl (C=O) groups excluding carboxylic acids is 1. The van der Waals surface area contributed by atoms with E-state index in [4.69, 9.17) is 5.73 Å². The van der Waals surface area contributed by atoms with Crippen molar-refractivity contribution in [1.82, 2.24) is 4.98 Å². The van der Waals surface area contributed by atoms with Crippen LogP contribution in [0.1, 0.15) is 6.92 Å². The molecule has 1 heterocycles. The van der Waals surface area contributed by atoms with Crippen LogP contribution in [0.5, 0.6) is 0 Å². The number of rotatable bonds is 4. The SMILES string of the molecule is CC(Sc1ccc(N)cn1)C(=O)Nc1ccc(F)cc1. The van der Waals surface area contributed by atoms with Gasteiger partial charge in [0.2, 0.25) is 5.91 Å². The molecule has 0 aliphatic heterocycles. The number of halogens is 1. The van der Waals surface area contributed by atoms with Gasteiger partial charge < -0.3 is 11.1 Å². The van der Waals surface area contributed by atoms with E-state index in [-0.39, 0.29) is 17.0 Å². The standard InChI is InChI=1S/C14H14FN3OS/c1-9(20-13-7-4-11(16)8-17-13)14(19)18-12-5-2-10(15)3-6-12/h2-9H,16H2,1H3,(H,18,19). The molecule has 2 rings (SSSR count). The summed E-state index contributed by atoms with van der Waals surface area (Å²) in [7, 11) is 0. The van der Waals surface area contributed by atoms with E-state index in [1.54, 1.807) is 25.3 Å². The molecule has 0 aliphatic rings. The van der Waals surface area contributed by atoms with E-state index in [2.05, 4.69) is 10.3 Å². The third kappa shape index (κ3) is 3.96. The van der Waals surface area contributed by atoms with Gasteiger partial charge in [-0.05, 0) is 43.3 Å². The fraction of sp³-hybridized carbons (Fsp3) is 0.143. The zero-order chi connectivity index (χ0) is 14.5. The zero-order valence-electron chi connectivity index (χ0n) is 10.8. The van der Waals surface area contributed by atoms with Crippen LogP contribution in [-0.2, 0) is 4.79 Å². The Labute approximate surface area is 120 Å². The van der Waals surface area contributed by atoms with Crippen LogP contribution in [0.4, 0.5) is 15.8 Å². The molecule has 0 spiro atoms. The van der Waals surface area contributed by atoms with Crippen molar-refractivity contribution < 1.29 is 9.18 Å². The summed E-state index contributed by atoms with van der Waals surface area (Å²) in [5.41, 5.74) is 6.70. The molecule has 0 saturated heterocycles. The maximum Gasteiger partial charge on any atom is 0.237 e. The molecular formula is C14H14FN3OS. The third-order valence-electron chi connectivity index (χ3n) is 2.54. The number of nitrogens with zero attached hydrogens (tertiary/aromatic N) is 1. The molecule has 0 fully saturated rings. The van der Waals surface area contributed by atoms with Gasteiger partial charge in [-0.1, -0.05) is 11.8 Å². The fourth-order valence-corrected chi connectivity index (χ4v) is 2.26. The Bertz CT molecular complexity index is 586. The molecule has 20 heavy (non-hydrogen) atoms. The summed E-state index contributed by atoms with van der Waals surface area (Å²) < 4.78 is 12.8. The summed E-state index contributed by atoms with van der Waals surface area (Å²) in [6, 6.07) is 9.14. The van der Waals surface area contributed by atoms with Crippen LogP contribution in [0.3, 0.4) is 0 Å². The Balaban J connectivity index is 1.94. The van der Waals surface area contributed by atoms with Gasteiger partial charge in [-0.2, -0.15) is 0 Å². The van der Waals surface area contributed by atoms with E-state index in [0.717, 1.165) is 5.03 Å². The van der Waals surface area contributed by atoms with Crippen molar-refractivity contribution >= 4 is 29.0 Å². The van der Waals surface area contributed by atoms with Crippen LogP contribution in [0.2, 0.25) is 0 Å². The van der Waals surface area contributed by atoms with Gasteiger partial charge in [0.1, 0.15) is 5.82 Å². The van der Waals surface area contributed by atoms with Gasteiger partial charge in [0.25, 0.3) is 0 Å². The van der Waals surface area contributed by atoms with E-state index in [1.165, 1.54) is 36.0 Å². The van der Waals surface area contributed by atoms with Crippen LogP contribution in [0, 0.1) is 5.82 Å². The van der Waals surface area contributed by atoms with Crippen LogP contribution < -0.4 is 11.1 Å². The highest BCUT2D eigenvalue weighted by Crippen LogP contribution is 2.22. The Morgan fingerprint density at radius 3 is 2.60 bits per heavy atom. The summed E-state index contributed by atoms with van der Waals surface area (Å²) >= 11 is 1.33. The first-order chi connectivity index (χ1) is 9.54. The minimum Gasteiger partial charge on any atom is -0.397 e. The van der Waals surface area contributed by atoms with Gasteiger partial charge in [0.05, 0.1) is 22.2 Å². The van der Waals surface area contributed by atoms with Crippen molar-refractivity contribution in [3.8, 4) is 0 Å². The van der Waals surface area contributed by atoms with Crippen molar-refractivity contribution in [3.05, 3.63) is 48.4 Å². The quantitative estimate of drug-likeness (QED) is 0.850. The largest absolute Gasteiger partial charge is 0.397 e. The number of aromatic nitrogens is 1. The molecule has 104 valence electrons. The number of hydrogen-bond acceptors (Lipinski definition) is 4. The molecule has 0 radical (unpaired) electrons. The number of hydrogen-bond donors (Lipinski definition) is 2. The van der Waals surface area contributed by atoms with E-state index >= 15 is 0 Å². The minimum atomic E-state index is -0.337. The molecule has 1 unspecified atom stereocenters. The maximum atomic E-state index is 12.8. The predicted molar refractivity (Wildman–Crippen MR) is 79.0 cm³/mol. The van der Waals surface area contributed by atoms with Gasteiger partial charge in [0.15, 0.2) is 0 Å². The Kier molecular flexibility index (Phi) is 4.57. The molecule has 1 aromatic carbocycles. The lowest BCUT2D eigenvalue weighted by atomic mass is 10.3. The number of thioether (sulfide) groups is 1. The second kappa shape index (κ2) is 6.38. The molecule has 2 aromatic rings. The van der Waals surface area contributed by atoms with E-state index in [9.17, 15) is 9.18 Å². The van der Waals surface area contributed by atoms with Crippen molar-refractivity contribution in [2.24, 2.45) is 0 Å². The maximum absolute atomic E-state index is 12.8. The minimum absolute atomic E-state index is 0.166. The highest BCUT2D eigenvalue weighted by Gasteiger charge is 2.15. The normalized spacial score (nSPS) is 11.9. The number of nitrogens with two attached hydrogens (primary N) is 1. The third-order valence-corrected chi connectivity index (χ3v) is 3.59. The van der Waals surface area contributed by atoms with Gasteiger partial charge in [-0.25, -0.2) is 9.37 Å². The van der Waals surface area contributed by atoms with Crippen molar-refractivity contribution in [2.75, 3.05) is 11.1 Å². The van der Waals surface area contributed by atoms with Crippen molar-refractivity contribution in [1.29, 1.82) is 0 Å². The second-order valence-corrected chi connectivity index (χ2v) is 5.55. The van der Waals surface area contributed by atoms with Gasteiger partial charge in [0, 0.05) is 5.69 Å². The molecule has 1 amide bonds. The Morgan fingerprint density at radius 2 is 2.00 bits per heavy atom. The number of benzene rings is 1. The summed E-state index contributed by atoms with van der Waals surface area (Å²) in [5, 5.41) is 3.12. The average Bonchev–Trinajstić information content (AvgIpc) is 2.44. The number of carbonyl (C=O) groups is 1. The number of nitrogens with one attached hydrogen (secondary N) is 1. The summed E-state index contributed by atoms with van der Waals surface area (Å²) in [4.78, 5) is 16.1. The van der Waals surface area contributed by atoms with Gasteiger partial charge in [-0.3, -0.25) is 4.79 Å². The summed E-state index contributed by atoms with van der Waals surface area (Å²) in [5.74, 6) is -0.503. The highest BCUT2D eigenvalue weighted by atomic mass is 32.2. The fourth-order valence-electron chi connectivity index (χ4n) is 1.47. The monoisotopic (exact) mass is 291 g/mol. The predicted octanol–water partition coefficient (Wildman–Crippen LogP) is 2.92. The van der Waals surface area contributed by atoms with Crippen LogP contribution in [0.15, 0.2) is 47.6 Å².